The molecule has 5 heteroatoms. The van der Waals surface area contributed by atoms with Crippen LogP contribution in [-0.4, -0.2) is 19.3 Å². The van der Waals surface area contributed by atoms with Crippen LogP contribution >= 0.6 is 11.6 Å². The molecule has 0 aromatic heterocycles. The van der Waals surface area contributed by atoms with Crippen molar-refractivity contribution in [2.45, 2.75) is 0 Å². The van der Waals surface area contributed by atoms with E-state index in [1.54, 1.807) is 19.2 Å². The maximum absolute atomic E-state index is 12.8. The van der Waals surface area contributed by atoms with Gasteiger partial charge in [-0.15, -0.1) is 0 Å². The lowest BCUT2D eigenvalue weighted by Gasteiger charge is -2.03. The van der Waals surface area contributed by atoms with Crippen LogP contribution in [0.5, 0.6) is 0 Å². The molecule has 0 atom stereocenters. The molecular formula is C11H14ClFN3+. The Morgan fingerprint density at radius 2 is 1.94 bits per heavy atom. The summed E-state index contributed by atoms with van der Waals surface area (Å²) in [6.07, 6.45) is 0. The molecule has 0 aliphatic rings. The molecule has 0 unspecified atom stereocenters. The summed E-state index contributed by atoms with van der Waals surface area (Å²) in [6.45, 7) is 0.172. The second-order valence-corrected chi connectivity index (χ2v) is 3.55. The minimum Gasteiger partial charge on any atom is -0.400 e. The highest BCUT2D eigenvalue weighted by molar-refractivity contribution is 6.45. The van der Waals surface area contributed by atoms with E-state index in [0.29, 0.717) is 16.4 Å². The summed E-state index contributed by atoms with van der Waals surface area (Å²) in [5.74, 6) is -0.300. The van der Waals surface area contributed by atoms with Gasteiger partial charge in [-0.25, -0.2) is 9.38 Å². The second kappa shape index (κ2) is 5.63. The van der Waals surface area contributed by atoms with E-state index in [9.17, 15) is 4.39 Å². The lowest BCUT2D eigenvalue weighted by Crippen LogP contribution is -2.68. The van der Waals surface area contributed by atoms with E-state index in [0.717, 1.165) is 5.56 Å². The Labute approximate surface area is 98.6 Å². The maximum atomic E-state index is 12.8. The van der Waals surface area contributed by atoms with Crippen molar-refractivity contribution < 1.29 is 9.38 Å². The van der Waals surface area contributed by atoms with Crippen molar-refractivity contribution in [1.29, 1.82) is 0 Å². The molecule has 86 valence electrons. The van der Waals surface area contributed by atoms with E-state index < -0.39 is 0 Å². The lowest BCUT2D eigenvalue weighted by molar-refractivity contribution is -0.418. The van der Waals surface area contributed by atoms with Gasteiger partial charge in [-0.05, 0) is 24.3 Å². The van der Waals surface area contributed by atoms with Crippen molar-refractivity contribution in [2.24, 2.45) is 11.5 Å². The molecule has 5 N–H and O–H groups in total. The van der Waals surface area contributed by atoms with Gasteiger partial charge in [-0.3, -0.25) is 0 Å². The van der Waals surface area contributed by atoms with E-state index >= 15 is 0 Å². The average Bonchev–Trinajstić information content (AvgIpc) is 2.31. The monoisotopic (exact) mass is 242 g/mol. The average molecular weight is 243 g/mol. The van der Waals surface area contributed by atoms with Gasteiger partial charge in [0.15, 0.2) is 0 Å². The first-order valence-corrected chi connectivity index (χ1v) is 5.13. The predicted octanol–water partition coefficient (Wildman–Crippen LogP) is -0.307. The van der Waals surface area contributed by atoms with Crippen LogP contribution in [0.1, 0.15) is 5.56 Å². The minimum atomic E-state index is -0.300. The fourth-order valence-electron chi connectivity index (χ4n) is 1.25. The van der Waals surface area contributed by atoms with Crippen LogP contribution in [0.25, 0.3) is 0 Å². The molecule has 0 amide bonds. The van der Waals surface area contributed by atoms with Gasteiger partial charge in [0.2, 0.25) is 5.71 Å². The summed E-state index contributed by atoms with van der Waals surface area (Å²) in [4.78, 5) is 2.92. The Hall–Kier alpha value is -1.39. The third-order valence-electron chi connectivity index (χ3n) is 2.10. The van der Waals surface area contributed by atoms with E-state index in [2.05, 4.69) is 4.99 Å². The maximum Gasteiger partial charge on any atom is 0.226 e. The molecule has 0 fully saturated rings. The van der Waals surface area contributed by atoms with Crippen LogP contribution in [-0.2, 0) is 0 Å². The lowest BCUT2D eigenvalue weighted by atomic mass is 10.1. The topological polar surface area (TPSA) is 66.0 Å². The van der Waals surface area contributed by atoms with Crippen molar-refractivity contribution in [3.8, 4) is 0 Å². The molecule has 0 saturated heterocycles. The smallest absolute Gasteiger partial charge is 0.226 e. The van der Waals surface area contributed by atoms with E-state index in [1.807, 2.05) is 0 Å². The van der Waals surface area contributed by atoms with Crippen LogP contribution in [0.4, 0.5) is 4.39 Å². The van der Waals surface area contributed by atoms with Gasteiger partial charge in [0, 0.05) is 17.8 Å². The summed E-state index contributed by atoms with van der Waals surface area (Å²) < 4.78 is 12.8. The highest BCUT2D eigenvalue weighted by atomic mass is 35.5. The molecule has 3 nitrogen and oxygen atoms in total. The van der Waals surface area contributed by atoms with Crippen molar-refractivity contribution in [3.63, 3.8) is 0 Å². The molecule has 1 aromatic carbocycles. The van der Waals surface area contributed by atoms with Crippen LogP contribution in [0.3, 0.4) is 0 Å². The molecule has 1 rings (SSSR count). The van der Waals surface area contributed by atoms with Crippen molar-refractivity contribution in [3.05, 3.63) is 46.4 Å². The van der Waals surface area contributed by atoms with Crippen molar-refractivity contribution in [2.75, 3.05) is 13.6 Å². The van der Waals surface area contributed by atoms with Gasteiger partial charge in [0.1, 0.15) is 17.9 Å². The highest BCUT2D eigenvalue weighted by Gasteiger charge is 2.15. The molecule has 0 aliphatic heterocycles. The van der Waals surface area contributed by atoms with Crippen LogP contribution in [0.15, 0.2) is 35.0 Å². The van der Waals surface area contributed by atoms with Gasteiger partial charge >= 0.3 is 0 Å². The molecule has 1 aromatic rings. The molecule has 0 radical (unpaired) electrons. The molecule has 16 heavy (non-hydrogen) atoms. The number of benzene rings is 1. The third kappa shape index (κ3) is 2.81. The van der Waals surface area contributed by atoms with Gasteiger partial charge in [-0.1, -0.05) is 11.6 Å². The first-order valence-electron chi connectivity index (χ1n) is 4.75. The highest BCUT2D eigenvalue weighted by Crippen LogP contribution is 2.12. The number of nitrogens with two attached hydrogens (primary N) is 2. The summed E-state index contributed by atoms with van der Waals surface area (Å²) in [6, 6.07) is 5.95. The Morgan fingerprint density at radius 3 is 2.38 bits per heavy atom. The normalized spacial score (nSPS) is 13.6. The van der Waals surface area contributed by atoms with Crippen LogP contribution < -0.4 is 16.5 Å². The fourth-order valence-corrected chi connectivity index (χ4v) is 1.53. The summed E-state index contributed by atoms with van der Waals surface area (Å²) in [5, 5.41) is 0.358. The van der Waals surface area contributed by atoms with E-state index in [4.69, 9.17) is 23.1 Å². The third-order valence-corrected chi connectivity index (χ3v) is 2.54. The fraction of sp³-hybridized carbons (Fsp3) is 0.182. The van der Waals surface area contributed by atoms with Crippen molar-refractivity contribution in [1.82, 2.24) is 0 Å². The van der Waals surface area contributed by atoms with Gasteiger partial charge in [0.25, 0.3) is 0 Å². The molecular weight excluding hydrogens is 229 g/mol. The van der Waals surface area contributed by atoms with E-state index in [1.165, 1.54) is 12.1 Å². The molecule has 0 heterocycles. The second-order valence-electron chi connectivity index (χ2n) is 3.18. The number of rotatable bonds is 3. The number of allylic oxidation sites excluding steroid dienone is 1. The number of nitrogens with one attached hydrogen (secondary N) is 1. The van der Waals surface area contributed by atoms with Crippen molar-refractivity contribution >= 4 is 17.3 Å². The Morgan fingerprint density at radius 1 is 1.38 bits per heavy atom. The summed E-state index contributed by atoms with van der Waals surface area (Å²) in [5.41, 5.74) is 12.8. The zero-order valence-electron chi connectivity index (χ0n) is 8.93. The number of hydrogen-bond acceptors (Lipinski definition) is 2. The Bertz CT molecular complexity index is 423. The number of hydrogen-bond donors (Lipinski definition) is 3. The quantitative estimate of drug-likeness (QED) is 0.637. The zero-order valence-corrected chi connectivity index (χ0v) is 9.68. The van der Waals surface area contributed by atoms with E-state index in [-0.39, 0.29) is 12.4 Å². The first kappa shape index (κ1) is 12.7. The standard InChI is InChI=1S/C11H13ClFN3/c1-16-11(10(12)9(15)6-14)7-2-4-8(13)5-3-7/h2-5H,6,14-15H2,1H3/p+1. The SMILES string of the molecule is C[NH+]=C(C(Cl)=C(N)CN)c1ccc(F)cc1. The first-order chi connectivity index (χ1) is 7.60. The molecule has 0 spiro atoms. The summed E-state index contributed by atoms with van der Waals surface area (Å²) in [7, 11) is 1.71. The van der Waals surface area contributed by atoms with Gasteiger partial charge in [-0.2, -0.15) is 0 Å². The van der Waals surface area contributed by atoms with Gasteiger partial charge in [0.05, 0.1) is 0 Å². The largest absolute Gasteiger partial charge is 0.400 e. The molecule has 0 aliphatic carbocycles. The Balaban J connectivity index is 3.15. The molecule has 0 bridgehead atoms. The minimum absolute atomic E-state index is 0.172. The van der Waals surface area contributed by atoms with Gasteiger partial charge < -0.3 is 11.5 Å². The Kier molecular flexibility index (Phi) is 4.46. The van der Waals surface area contributed by atoms with Crippen LogP contribution in [0, 0.1) is 5.82 Å². The summed E-state index contributed by atoms with van der Waals surface area (Å²) >= 11 is 6.05. The molecule has 0 saturated carbocycles. The zero-order chi connectivity index (χ0) is 12.1. The predicted molar refractivity (Wildman–Crippen MR) is 63.5 cm³/mol. The number of halogens is 2. The van der Waals surface area contributed by atoms with Crippen LogP contribution in [0.2, 0.25) is 0 Å².